The molecule has 0 saturated heterocycles. The zero-order valence-electron chi connectivity index (χ0n) is 15.0. The standard InChI is InChI=1S/C11H16BrNS.C8H12N2/c1-4-9(3)11(13-8-14)7-6-10(12)5-2;1-9-6-4-8-3-2-5-10-7-8/h5-8H,4H2,1-3H3,(H,13,14);2-3,5,7,9H,4,6H2,1H3/b7-6-,10-5+,11-9-;. The minimum Gasteiger partial charge on any atom is -0.353 e. The number of halogens is 1. The summed E-state index contributed by atoms with van der Waals surface area (Å²) < 4.78 is 1.06. The first-order valence-electron chi connectivity index (χ1n) is 8.02. The average Bonchev–Trinajstić information content (AvgIpc) is 2.63. The lowest BCUT2D eigenvalue weighted by Crippen LogP contribution is -2.10. The highest BCUT2D eigenvalue weighted by atomic mass is 79.9. The van der Waals surface area contributed by atoms with E-state index in [-0.39, 0.29) is 0 Å². The second-order valence-electron chi connectivity index (χ2n) is 5.03. The fourth-order valence-electron chi connectivity index (χ4n) is 1.64. The van der Waals surface area contributed by atoms with Crippen LogP contribution in [-0.2, 0) is 6.42 Å². The lowest BCUT2D eigenvalue weighted by Gasteiger charge is -2.05. The fraction of sp³-hybridized carbons (Fsp3) is 0.368. The number of nitrogens with one attached hydrogen (secondary N) is 2. The van der Waals surface area contributed by atoms with Gasteiger partial charge in [0.05, 0.1) is 5.49 Å². The van der Waals surface area contributed by atoms with Crippen molar-refractivity contribution in [3.63, 3.8) is 0 Å². The van der Waals surface area contributed by atoms with Crippen molar-refractivity contribution in [1.29, 1.82) is 0 Å². The third kappa shape index (κ3) is 11.3. The van der Waals surface area contributed by atoms with Crippen molar-refractivity contribution < 1.29 is 0 Å². The molecule has 1 heterocycles. The second-order valence-corrected chi connectivity index (χ2v) is 6.18. The topological polar surface area (TPSA) is 37.0 Å². The van der Waals surface area contributed by atoms with Crippen LogP contribution in [0.5, 0.6) is 0 Å². The van der Waals surface area contributed by atoms with Crippen molar-refractivity contribution in [2.24, 2.45) is 0 Å². The summed E-state index contributed by atoms with van der Waals surface area (Å²) in [5.41, 5.74) is 5.18. The summed E-state index contributed by atoms with van der Waals surface area (Å²) in [4.78, 5) is 4.01. The van der Waals surface area contributed by atoms with Crippen LogP contribution in [-0.4, -0.2) is 24.1 Å². The van der Waals surface area contributed by atoms with Gasteiger partial charge in [0.2, 0.25) is 0 Å². The zero-order chi connectivity index (χ0) is 18.2. The zero-order valence-corrected chi connectivity index (χ0v) is 17.4. The van der Waals surface area contributed by atoms with Crippen molar-refractivity contribution in [2.75, 3.05) is 13.6 Å². The largest absolute Gasteiger partial charge is 0.353 e. The lowest BCUT2D eigenvalue weighted by molar-refractivity contribution is 0.789. The van der Waals surface area contributed by atoms with Gasteiger partial charge in [0.25, 0.3) is 0 Å². The van der Waals surface area contributed by atoms with Gasteiger partial charge in [-0.25, -0.2) is 0 Å². The van der Waals surface area contributed by atoms with E-state index in [4.69, 9.17) is 12.2 Å². The first-order valence-corrected chi connectivity index (χ1v) is 9.28. The van der Waals surface area contributed by atoms with Gasteiger partial charge in [-0.15, -0.1) is 0 Å². The Bertz CT molecular complexity index is 551. The molecule has 5 heteroatoms. The van der Waals surface area contributed by atoms with Gasteiger partial charge in [-0.05, 0) is 64.1 Å². The van der Waals surface area contributed by atoms with Gasteiger partial charge in [0.15, 0.2) is 0 Å². The van der Waals surface area contributed by atoms with Crippen LogP contribution in [0.2, 0.25) is 0 Å². The number of allylic oxidation sites excluding steroid dienone is 5. The van der Waals surface area contributed by atoms with E-state index in [9.17, 15) is 0 Å². The van der Waals surface area contributed by atoms with Crippen molar-refractivity contribution >= 4 is 33.6 Å². The maximum atomic E-state index is 4.77. The molecule has 3 nitrogen and oxygen atoms in total. The highest BCUT2D eigenvalue weighted by Gasteiger charge is 1.94. The number of aromatic nitrogens is 1. The van der Waals surface area contributed by atoms with Gasteiger partial charge >= 0.3 is 0 Å². The average molecular weight is 410 g/mol. The second kappa shape index (κ2) is 15.2. The van der Waals surface area contributed by atoms with Crippen LogP contribution >= 0.6 is 28.1 Å². The van der Waals surface area contributed by atoms with E-state index in [1.54, 1.807) is 6.20 Å². The van der Waals surface area contributed by atoms with Crippen molar-refractivity contribution in [3.05, 3.63) is 64.1 Å². The number of nitrogens with zero attached hydrogens (tertiary/aromatic N) is 1. The molecule has 0 aliphatic heterocycles. The molecule has 24 heavy (non-hydrogen) atoms. The number of hydrogen-bond acceptors (Lipinski definition) is 3. The van der Waals surface area contributed by atoms with Crippen LogP contribution in [0.25, 0.3) is 0 Å². The summed E-state index contributed by atoms with van der Waals surface area (Å²) in [5, 5.41) is 6.14. The summed E-state index contributed by atoms with van der Waals surface area (Å²) in [6, 6.07) is 4.05. The maximum absolute atomic E-state index is 4.77. The predicted octanol–water partition coefficient (Wildman–Crippen LogP) is 4.92. The van der Waals surface area contributed by atoms with Crippen molar-refractivity contribution in [2.45, 2.75) is 33.6 Å². The first kappa shape index (κ1) is 22.7. The van der Waals surface area contributed by atoms with Crippen molar-refractivity contribution in [3.8, 4) is 0 Å². The molecule has 0 aliphatic rings. The smallest absolute Gasteiger partial charge is 0.0658 e. The molecule has 0 aliphatic carbocycles. The Kier molecular flexibility index (Phi) is 14.4. The molecule has 0 spiro atoms. The number of hydrogen-bond donors (Lipinski definition) is 2. The monoisotopic (exact) mass is 409 g/mol. The minimum absolute atomic E-state index is 1.02. The van der Waals surface area contributed by atoms with E-state index in [1.807, 2.05) is 44.5 Å². The molecule has 1 aromatic heterocycles. The summed E-state index contributed by atoms with van der Waals surface area (Å²) in [6.45, 7) is 7.22. The number of pyridine rings is 1. The molecule has 0 saturated carbocycles. The summed E-state index contributed by atoms with van der Waals surface area (Å²) in [7, 11) is 1.95. The molecule has 132 valence electrons. The van der Waals surface area contributed by atoms with E-state index < -0.39 is 0 Å². The van der Waals surface area contributed by atoms with Crippen LogP contribution in [0, 0.1) is 0 Å². The van der Waals surface area contributed by atoms with Gasteiger partial charge in [-0.3, -0.25) is 4.98 Å². The number of thiocarbonyl (C=S) groups is 1. The van der Waals surface area contributed by atoms with Crippen LogP contribution in [0.15, 0.2) is 58.5 Å². The molecule has 0 atom stereocenters. The van der Waals surface area contributed by atoms with Crippen LogP contribution < -0.4 is 10.6 Å². The highest BCUT2D eigenvalue weighted by Crippen LogP contribution is 2.11. The number of rotatable bonds is 8. The Balaban J connectivity index is 0.000000463. The summed E-state index contributed by atoms with van der Waals surface area (Å²) in [6.07, 6.45) is 11.8. The van der Waals surface area contributed by atoms with E-state index in [0.717, 1.165) is 29.6 Å². The first-order chi connectivity index (χ1) is 11.6. The summed E-state index contributed by atoms with van der Waals surface area (Å²) >= 11 is 8.19. The molecule has 0 unspecified atom stereocenters. The summed E-state index contributed by atoms with van der Waals surface area (Å²) in [5.74, 6) is 0. The number of likely N-dealkylation sites (N-methyl/N-ethyl adjacent to an activating group) is 1. The SMILES string of the molecule is CNCCc1cccnc1.C\C=C(Br)/C=C\C(NC=S)=C(/C)CC. The van der Waals surface area contributed by atoms with Gasteiger partial charge in [0, 0.05) is 22.6 Å². The Morgan fingerprint density at radius 1 is 1.38 bits per heavy atom. The molecule has 2 N–H and O–H groups in total. The molecular weight excluding hydrogens is 382 g/mol. The van der Waals surface area contributed by atoms with Gasteiger partial charge in [-0.1, -0.05) is 52.8 Å². The molecule has 1 aromatic rings. The molecular formula is C19H28BrN3S. The molecule has 0 amide bonds. The Morgan fingerprint density at radius 3 is 2.62 bits per heavy atom. The van der Waals surface area contributed by atoms with Crippen LogP contribution in [0.1, 0.15) is 32.8 Å². The van der Waals surface area contributed by atoms with E-state index in [1.165, 1.54) is 16.6 Å². The quantitative estimate of drug-likeness (QED) is 0.471. The molecule has 0 bridgehead atoms. The van der Waals surface area contributed by atoms with Crippen LogP contribution in [0.3, 0.4) is 0 Å². The Morgan fingerprint density at radius 2 is 2.12 bits per heavy atom. The van der Waals surface area contributed by atoms with Gasteiger partial charge in [0.1, 0.15) is 0 Å². The molecule has 0 radical (unpaired) electrons. The Labute approximate surface area is 160 Å². The molecule has 0 fully saturated rings. The van der Waals surface area contributed by atoms with E-state index in [0.29, 0.717) is 0 Å². The normalized spacial score (nSPS) is 12.3. The van der Waals surface area contributed by atoms with Gasteiger partial charge < -0.3 is 10.6 Å². The predicted molar refractivity (Wildman–Crippen MR) is 113 cm³/mol. The third-order valence-corrected chi connectivity index (χ3v) is 4.12. The molecule has 0 aromatic carbocycles. The maximum Gasteiger partial charge on any atom is 0.0658 e. The van der Waals surface area contributed by atoms with E-state index in [2.05, 4.69) is 51.5 Å². The fourth-order valence-corrected chi connectivity index (χ4v) is 1.90. The van der Waals surface area contributed by atoms with Gasteiger partial charge in [-0.2, -0.15) is 0 Å². The Hall–Kier alpha value is -1.30. The van der Waals surface area contributed by atoms with Crippen molar-refractivity contribution in [1.82, 2.24) is 15.6 Å². The lowest BCUT2D eigenvalue weighted by atomic mass is 10.1. The van der Waals surface area contributed by atoms with E-state index >= 15 is 0 Å². The highest BCUT2D eigenvalue weighted by molar-refractivity contribution is 9.11. The van der Waals surface area contributed by atoms with Crippen LogP contribution in [0.4, 0.5) is 0 Å². The minimum atomic E-state index is 1.02. The molecule has 1 rings (SSSR count). The third-order valence-electron chi connectivity index (χ3n) is 3.28.